The normalized spacial score (nSPS) is 22.8. The van der Waals surface area contributed by atoms with Gasteiger partial charge in [0.25, 0.3) is 0 Å². The van der Waals surface area contributed by atoms with Gasteiger partial charge in [0.2, 0.25) is 11.8 Å². The van der Waals surface area contributed by atoms with Crippen LogP contribution in [-0.2, 0) is 9.59 Å². The zero-order chi connectivity index (χ0) is 16.1. The van der Waals surface area contributed by atoms with E-state index in [1.165, 1.54) is 0 Å². The van der Waals surface area contributed by atoms with Gasteiger partial charge in [-0.3, -0.25) is 9.59 Å². The molecule has 2 rings (SSSR count). The Bertz CT molecular complexity index is 422. The highest BCUT2D eigenvalue weighted by Crippen LogP contribution is 2.33. The molecule has 0 aliphatic heterocycles. The lowest BCUT2D eigenvalue weighted by Gasteiger charge is -2.37. The molecule has 0 aromatic carbocycles. The molecule has 2 fully saturated rings. The predicted octanol–water partition coefficient (Wildman–Crippen LogP) is 1.80. The van der Waals surface area contributed by atoms with E-state index in [4.69, 9.17) is 0 Å². The molecule has 0 radical (unpaired) electrons. The summed E-state index contributed by atoms with van der Waals surface area (Å²) < 4.78 is 0. The summed E-state index contributed by atoms with van der Waals surface area (Å²) in [6.07, 6.45) is 9.32. The molecule has 0 aromatic heterocycles. The highest BCUT2D eigenvalue weighted by molar-refractivity contribution is 5.91. The van der Waals surface area contributed by atoms with Gasteiger partial charge in [0, 0.05) is 6.54 Å². The zero-order valence-corrected chi connectivity index (χ0v) is 13.3. The molecule has 2 saturated carbocycles. The lowest BCUT2D eigenvalue weighted by molar-refractivity contribution is -0.137. The molecule has 2 aliphatic rings. The van der Waals surface area contributed by atoms with Gasteiger partial charge in [0.15, 0.2) is 0 Å². The van der Waals surface area contributed by atoms with Crippen LogP contribution in [0.5, 0.6) is 0 Å². The smallest absolute Gasteiger partial charge is 0.246 e. The quantitative estimate of drug-likeness (QED) is 0.655. The maximum Gasteiger partial charge on any atom is 0.246 e. The van der Waals surface area contributed by atoms with Crippen molar-refractivity contribution in [1.82, 2.24) is 10.6 Å². The van der Waals surface area contributed by atoms with E-state index in [1.807, 2.05) is 0 Å². The van der Waals surface area contributed by atoms with Gasteiger partial charge < -0.3 is 15.7 Å². The molecule has 0 unspecified atom stereocenters. The molecule has 22 heavy (non-hydrogen) atoms. The van der Waals surface area contributed by atoms with Gasteiger partial charge in [-0.2, -0.15) is 0 Å². The van der Waals surface area contributed by atoms with Crippen LogP contribution in [0.15, 0.2) is 12.7 Å². The Morgan fingerprint density at radius 3 is 2.23 bits per heavy atom. The van der Waals surface area contributed by atoms with Gasteiger partial charge in [0.1, 0.15) is 5.54 Å². The largest absolute Gasteiger partial charge is 0.389 e. The van der Waals surface area contributed by atoms with Crippen molar-refractivity contribution in [2.75, 3.05) is 6.54 Å². The van der Waals surface area contributed by atoms with E-state index < -0.39 is 11.1 Å². The second-order valence-corrected chi connectivity index (χ2v) is 6.80. The van der Waals surface area contributed by atoms with Crippen LogP contribution in [0.25, 0.3) is 0 Å². The van der Waals surface area contributed by atoms with Crippen molar-refractivity contribution in [3.05, 3.63) is 12.7 Å². The second kappa shape index (κ2) is 7.27. The monoisotopic (exact) mass is 308 g/mol. The fraction of sp³-hybridized carbons (Fsp3) is 0.765. The maximum absolute atomic E-state index is 12.5. The van der Waals surface area contributed by atoms with Gasteiger partial charge >= 0.3 is 0 Å². The van der Waals surface area contributed by atoms with Crippen LogP contribution in [-0.4, -0.2) is 34.6 Å². The van der Waals surface area contributed by atoms with Crippen molar-refractivity contribution >= 4 is 11.8 Å². The summed E-state index contributed by atoms with van der Waals surface area (Å²) in [6.45, 7) is 4.01. The fourth-order valence-electron chi connectivity index (χ4n) is 3.72. The lowest BCUT2D eigenvalue weighted by Crippen LogP contribution is -2.60. The first-order valence-electron chi connectivity index (χ1n) is 8.42. The van der Waals surface area contributed by atoms with Crippen molar-refractivity contribution in [1.29, 1.82) is 0 Å². The minimum absolute atomic E-state index is 0.101. The second-order valence-electron chi connectivity index (χ2n) is 6.80. The minimum atomic E-state index is -0.877. The van der Waals surface area contributed by atoms with Crippen molar-refractivity contribution < 1.29 is 14.7 Å². The Morgan fingerprint density at radius 1 is 1.05 bits per heavy atom. The van der Waals surface area contributed by atoms with Crippen LogP contribution in [0.3, 0.4) is 0 Å². The number of hydrogen-bond donors (Lipinski definition) is 3. The summed E-state index contributed by atoms with van der Waals surface area (Å²) in [4.78, 5) is 24.9. The summed E-state index contributed by atoms with van der Waals surface area (Å²) in [6, 6.07) is 0. The Hall–Kier alpha value is -1.36. The van der Waals surface area contributed by atoms with E-state index in [2.05, 4.69) is 17.2 Å². The summed E-state index contributed by atoms with van der Waals surface area (Å²) in [5.74, 6) is -0.334. The van der Waals surface area contributed by atoms with Gasteiger partial charge in [-0.25, -0.2) is 0 Å². The zero-order valence-electron chi connectivity index (χ0n) is 13.3. The summed E-state index contributed by atoms with van der Waals surface area (Å²) >= 11 is 0. The molecule has 0 saturated heterocycles. The van der Waals surface area contributed by atoms with Crippen LogP contribution in [0, 0.1) is 0 Å². The van der Waals surface area contributed by atoms with Crippen molar-refractivity contribution in [2.24, 2.45) is 0 Å². The molecular formula is C17H28N2O3. The average Bonchev–Trinajstić information content (AvgIpc) is 2.91. The number of nitrogens with one attached hydrogen (secondary N) is 2. The molecule has 0 bridgehead atoms. The third kappa shape index (κ3) is 4.09. The molecule has 0 spiro atoms. The van der Waals surface area contributed by atoms with Crippen LogP contribution in [0.4, 0.5) is 0 Å². The number of hydrogen-bond acceptors (Lipinski definition) is 3. The summed E-state index contributed by atoms with van der Waals surface area (Å²) in [7, 11) is 0. The van der Waals surface area contributed by atoms with E-state index >= 15 is 0 Å². The summed E-state index contributed by atoms with van der Waals surface area (Å²) in [5, 5.41) is 16.1. The number of carbonyl (C=O) groups is 2. The predicted molar refractivity (Wildman–Crippen MR) is 85.2 cm³/mol. The molecular weight excluding hydrogens is 280 g/mol. The van der Waals surface area contributed by atoms with Gasteiger partial charge in [-0.05, 0) is 25.7 Å². The SMILES string of the molecule is C=CCNC(=O)C1(NC(=O)CC2(O)CCCC2)CCCCC1. The lowest BCUT2D eigenvalue weighted by atomic mass is 9.80. The molecule has 2 aliphatic carbocycles. The molecule has 3 N–H and O–H groups in total. The van der Waals surface area contributed by atoms with Crippen LogP contribution in [0.1, 0.15) is 64.2 Å². The Balaban J connectivity index is 2.00. The topological polar surface area (TPSA) is 78.4 Å². The minimum Gasteiger partial charge on any atom is -0.389 e. The third-order valence-electron chi connectivity index (χ3n) is 4.95. The Morgan fingerprint density at radius 2 is 1.64 bits per heavy atom. The average molecular weight is 308 g/mol. The van der Waals surface area contributed by atoms with Crippen molar-refractivity contribution in [3.63, 3.8) is 0 Å². The van der Waals surface area contributed by atoms with Crippen LogP contribution >= 0.6 is 0 Å². The van der Waals surface area contributed by atoms with Crippen molar-refractivity contribution in [2.45, 2.75) is 75.3 Å². The molecule has 5 nitrogen and oxygen atoms in total. The van der Waals surface area contributed by atoms with E-state index in [-0.39, 0.29) is 18.2 Å². The Labute approximate surface area is 132 Å². The first-order valence-corrected chi connectivity index (χ1v) is 8.42. The maximum atomic E-state index is 12.5. The fourth-order valence-corrected chi connectivity index (χ4v) is 3.72. The van der Waals surface area contributed by atoms with Gasteiger partial charge in [-0.1, -0.05) is 38.2 Å². The number of aliphatic hydroxyl groups is 1. The van der Waals surface area contributed by atoms with E-state index in [0.717, 1.165) is 32.1 Å². The first kappa shape index (κ1) is 17.0. The van der Waals surface area contributed by atoms with E-state index in [1.54, 1.807) is 6.08 Å². The molecule has 0 aromatic rings. The molecule has 2 amide bonds. The third-order valence-corrected chi connectivity index (χ3v) is 4.95. The highest BCUT2D eigenvalue weighted by atomic mass is 16.3. The molecule has 0 atom stereocenters. The van der Waals surface area contributed by atoms with Gasteiger partial charge in [-0.15, -0.1) is 6.58 Å². The van der Waals surface area contributed by atoms with E-state index in [0.29, 0.717) is 32.2 Å². The molecule has 5 heteroatoms. The molecule has 0 heterocycles. The summed E-state index contributed by atoms with van der Waals surface area (Å²) in [5.41, 5.74) is -1.69. The van der Waals surface area contributed by atoms with E-state index in [9.17, 15) is 14.7 Å². The van der Waals surface area contributed by atoms with Crippen molar-refractivity contribution in [3.8, 4) is 0 Å². The highest BCUT2D eigenvalue weighted by Gasteiger charge is 2.42. The molecule has 124 valence electrons. The Kier molecular flexibility index (Phi) is 5.62. The number of amides is 2. The van der Waals surface area contributed by atoms with Gasteiger partial charge in [0.05, 0.1) is 12.0 Å². The van der Waals surface area contributed by atoms with Crippen LogP contribution < -0.4 is 10.6 Å². The number of rotatable bonds is 6. The first-order chi connectivity index (χ1) is 10.5. The van der Waals surface area contributed by atoms with Crippen LogP contribution in [0.2, 0.25) is 0 Å². The number of carbonyl (C=O) groups excluding carboxylic acids is 2. The standard InChI is InChI=1S/C17H28N2O3/c1-2-12-18-15(21)17(10-4-3-5-11-17)19-14(20)13-16(22)8-6-7-9-16/h2,22H,1,3-13H2,(H,18,21)(H,19,20).